The molecule has 10 nitrogen and oxygen atoms in total. The average Bonchev–Trinajstić information content (AvgIpc) is 3.56. The predicted molar refractivity (Wildman–Crippen MR) is 171 cm³/mol. The molecule has 2 amide bonds. The molecule has 0 radical (unpaired) electrons. The first-order valence-electron chi connectivity index (χ1n) is 14.9. The number of morpholine rings is 1. The summed E-state index contributed by atoms with van der Waals surface area (Å²) in [7, 11) is 1.35. The second kappa shape index (κ2) is 13.7. The van der Waals surface area contributed by atoms with Crippen LogP contribution in [0.1, 0.15) is 27.0 Å². The minimum Gasteiger partial charge on any atom is -0.454 e. The van der Waals surface area contributed by atoms with Gasteiger partial charge in [0.05, 0.1) is 31.7 Å². The van der Waals surface area contributed by atoms with Crippen molar-refractivity contribution in [2.75, 3.05) is 50.4 Å². The number of nitrogens with two attached hydrogens (primary N) is 1. The van der Waals surface area contributed by atoms with Gasteiger partial charge in [0.15, 0.2) is 11.5 Å². The topological polar surface area (TPSA) is 116 Å². The third-order valence-corrected chi connectivity index (χ3v) is 7.91. The molecule has 0 saturated carbocycles. The Hall–Kier alpha value is -5.06. The first-order valence-corrected chi connectivity index (χ1v) is 14.9. The van der Waals surface area contributed by atoms with Gasteiger partial charge in [0.2, 0.25) is 6.79 Å². The van der Waals surface area contributed by atoms with Gasteiger partial charge in [-0.2, -0.15) is 0 Å². The summed E-state index contributed by atoms with van der Waals surface area (Å²) in [6.07, 6.45) is -0.535. The van der Waals surface area contributed by atoms with Crippen molar-refractivity contribution in [1.82, 2.24) is 4.90 Å². The molecule has 0 aromatic heterocycles. The fourth-order valence-electron chi connectivity index (χ4n) is 5.61. The zero-order valence-electron chi connectivity index (χ0n) is 25.2. The van der Waals surface area contributed by atoms with Gasteiger partial charge in [-0.25, -0.2) is 4.79 Å². The number of hydrogen-bond acceptors (Lipinski definition) is 8. The number of hydrogen-bond donors (Lipinski definition) is 2. The number of carbonyl (C=O) groups is 2. The van der Waals surface area contributed by atoms with Crippen molar-refractivity contribution in [1.29, 1.82) is 0 Å². The number of amides is 2. The van der Waals surface area contributed by atoms with Gasteiger partial charge in [0.1, 0.15) is 0 Å². The van der Waals surface area contributed by atoms with E-state index < -0.39 is 6.09 Å². The molecule has 232 valence electrons. The van der Waals surface area contributed by atoms with Crippen molar-refractivity contribution in [2.45, 2.75) is 19.6 Å². The highest BCUT2D eigenvalue weighted by atomic mass is 16.7. The monoisotopic (exact) mass is 608 g/mol. The molecular formula is C35H36N4O6. The van der Waals surface area contributed by atoms with Crippen LogP contribution in [0.3, 0.4) is 0 Å². The number of methoxy groups -OCH3 is 1. The summed E-state index contributed by atoms with van der Waals surface area (Å²) in [5.74, 6) is 1.06. The Balaban J connectivity index is 1.30. The Morgan fingerprint density at radius 2 is 1.56 bits per heavy atom. The molecule has 0 atom stereocenters. The molecule has 0 bridgehead atoms. The zero-order chi connectivity index (χ0) is 31.2. The molecule has 4 aromatic carbocycles. The van der Waals surface area contributed by atoms with Crippen LogP contribution in [0.5, 0.6) is 11.5 Å². The summed E-state index contributed by atoms with van der Waals surface area (Å²) in [5, 5.41) is 2.88. The van der Waals surface area contributed by atoms with Crippen LogP contribution >= 0.6 is 0 Å². The van der Waals surface area contributed by atoms with E-state index in [-0.39, 0.29) is 12.7 Å². The molecule has 2 aliphatic heterocycles. The third-order valence-electron chi connectivity index (χ3n) is 7.91. The molecule has 1 saturated heterocycles. The van der Waals surface area contributed by atoms with Crippen molar-refractivity contribution in [3.63, 3.8) is 0 Å². The van der Waals surface area contributed by atoms with Crippen LogP contribution in [0.25, 0.3) is 11.1 Å². The van der Waals surface area contributed by atoms with Gasteiger partial charge >= 0.3 is 6.09 Å². The minimum absolute atomic E-state index is 0.128. The lowest BCUT2D eigenvalue weighted by molar-refractivity contribution is 0.0729. The first kappa shape index (κ1) is 30.0. The highest BCUT2D eigenvalue weighted by Crippen LogP contribution is 2.34. The van der Waals surface area contributed by atoms with Crippen LogP contribution in [0, 0.1) is 0 Å². The molecule has 45 heavy (non-hydrogen) atoms. The molecule has 2 aliphatic rings. The van der Waals surface area contributed by atoms with Crippen LogP contribution in [0.4, 0.5) is 16.2 Å². The normalized spacial score (nSPS) is 13.8. The van der Waals surface area contributed by atoms with Crippen molar-refractivity contribution < 1.29 is 28.5 Å². The van der Waals surface area contributed by atoms with Gasteiger partial charge in [-0.1, -0.05) is 48.5 Å². The lowest BCUT2D eigenvalue weighted by Gasteiger charge is -2.30. The second-order valence-electron chi connectivity index (χ2n) is 10.9. The molecule has 2 heterocycles. The number of nitrogens with one attached hydrogen (secondary N) is 1. The fourth-order valence-corrected chi connectivity index (χ4v) is 5.61. The van der Waals surface area contributed by atoms with Gasteiger partial charge in [-0.3, -0.25) is 10.1 Å². The summed E-state index contributed by atoms with van der Waals surface area (Å²) >= 11 is 0. The van der Waals surface area contributed by atoms with Crippen LogP contribution in [-0.2, 0) is 29.1 Å². The zero-order valence-corrected chi connectivity index (χ0v) is 25.2. The van der Waals surface area contributed by atoms with E-state index in [1.807, 2.05) is 65.6 Å². The van der Waals surface area contributed by atoms with E-state index in [0.717, 1.165) is 46.6 Å². The number of fused-ring (bicyclic) bond motifs is 1. The van der Waals surface area contributed by atoms with E-state index in [4.69, 9.17) is 24.7 Å². The van der Waals surface area contributed by atoms with Crippen molar-refractivity contribution in [2.24, 2.45) is 5.73 Å². The summed E-state index contributed by atoms with van der Waals surface area (Å²) in [5.41, 5.74) is 12.8. The molecule has 4 aromatic rings. The van der Waals surface area contributed by atoms with Gasteiger partial charge in [-0.15, -0.1) is 0 Å². The van der Waals surface area contributed by atoms with Crippen molar-refractivity contribution >= 4 is 23.4 Å². The van der Waals surface area contributed by atoms with E-state index in [9.17, 15) is 9.59 Å². The van der Waals surface area contributed by atoms with E-state index >= 15 is 0 Å². The van der Waals surface area contributed by atoms with Crippen molar-refractivity contribution in [3.05, 3.63) is 107 Å². The fraction of sp³-hybridized carbons (Fsp3) is 0.257. The summed E-state index contributed by atoms with van der Waals surface area (Å²) in [4.78, 5) is 30.2. The average molecular weight is 609 g/mol. The number of ether oxygens (including phenoxy) is 4. The molecular weight excluding hydrogens is 572 g/mol. The van der Waals surface area contributed by atoms with Gasteiger partial charge in [0, 0.05) is 38.3 Å². The molecule has 0 unspecified atom stereocenters. The molecule has 6 rings (SSSR count). The lowest BCUT2D eigenvalue weighted by Crippen LogP contribution is -2.36. The molecule has 10 heteroatoms. The second-order valence-corrected chi connectivity index (χ2v) is 10.9. The Labute approximate surface area is 262 Å². The number of nitrogens with zero attached hydrogens (tertiary/aromatic N) is 2. The maximum atomic E-state index is 14.0. The lowest BCUT2D eigenvalue weighted by atomic mass is 10.0. The Kier molecular flexibility index (Phi) is 9.14. The highest BCUT2D eigenvalue weighted by molar-refractivity contribution is 5.95. The van der Waals surface area contributed by atoms with Crippen molar-refractivity contribution in [3.8, 4) is 22.6 Å². The summed E-state index contributed by atoms with van der Waals surface area (Å²) in [6.45, 7) is 4.03. The number of rotatable bonds is 9. The Morgan fingerprint density at radius 3 is 2.33 bits per heavy atom. The van der Waals surface area contributed by atoms with E-state index in [2.05, 4.69) is 16.3 Å². The quantitative estimate of drug-likeness (QED) is 0.260. The molecule has 3 N–H and O–H groups in total. The van der Waals surface area contributed by atoms with Crippen LogP contribution in [0.15, 0.2) is 84.9 Å². The van der Waals surface area contributed by atoms with E-state index in [1.54, 1.807) is 18.2 Å². The van der Waals surface area contributed by atoms with E-state index in [1.165, 1.54) is 7.11 Å². The van der Waals surface area contributed by atoms with Crippen LogP contribution < -0.4 is 25.4 Å². The van der Waals surface area contributed by atoms with Crippen LogP contribution in [-0.4, -0.2) is 57.1 Å². The maximum Gasteiger partial charge on any atom is 0.411 e. The first-order chi connectivity index (χ1) is 22.0. The number of anilines is 2. The Morgan fingerprint density at radius 1 is 0.844 bits per heavy atom. The molecule has 1 fully saturated rings. The number of benzene rings is 4. The Bertz CT molecular complexity index is 1690. The predicted octanol–water partition coefficient (Wildman–Crippen LogP) is 5.40. The van der Waals surface area contributed by atoms with Gasteiger partial charge < -0.3 is 34.5 Å². The van der Waals surface area contributed by atoms with Crippen LogP contribution in [0.2, 0.25) is 0 Å². The third kappa shape index (κ3) is 7.03. The largest absolute Gasteiger partial charge is 0.454 e. The summed E-state index contributed by atoms with van der Waals surface area (Å²) < 4.78 is 21.4. The van der Waals surface area contributed by atoms with Gasteiger partial charge in [-0.05, 0) is 64.2 Å². The summed E-state index contributed by atoms with van der Waals surface area (Å²) in [6, 6.07) is 27.3. The maximum absolute atomic E-state index is 14.0. The molecule has 0 spiro atoms. The molecule has 0 aliphatic carbocycles. The minimum atomic E-state index is -0.535. The number of carbonyl (C=O) groups excluding carboxylic acids is 2. The SMILES string of the molecule is COC(=O)Nc1cc(-c2cccc(CN(Cc3cccc(CN)c3)C(=O)c3ccc4c(c3)OCO4)c2)ccc1N1CCOCC1. The van der Waals surface area contributed by atoms with Gasteiger partial charge in [0.25, 0.3) is 5.91 Å². The standard InChI is InChI=1S/C35H36N4O6/c1-42-35(41)37-30-18-28(8-10-31(30)38-12-14-43-15-13-38)27-7-3-6-26(17-27)22-39(21-25-5-2-4-24(16-25)20-36)34(40)29-9-11-32-33(19-29)45-23-44-32/h2-11,16-19H,12-15,20-23,36H2,1H3,(H,37,41). The highest BCUT2D eigenvalue weighted by Gasteiger charge is 2.22. The van der Waals surface area contributed by atoms with E-state index in [0.29, 0.717) is 55.6 Å². The smallest absolute Gasteiger partial charge is 0.411 e.